The Morgan fingerprint density at radius 1 is 1.13 bits per heavy atom. The number of hydrogen-bond acceptors (Lipinski definition) is 4. The van der Waals surface area contributed by atoms with Crippen molar-refractivity contribution in [3.63, 3.8) is 0 Å². The van der Waals surface area contributed by atoms with Crippen molar-refractivity contribution < 1.29 is 14.7 Å². The second kappa shape index (κ2) is 3.15. The summed E-state index contributed by atoms with van der Waals surface area (Å²) in [6, 6.07) is 3.90. The van der Waals surface area contributed by atoms with Crippen LogP contribution in [0.4, 0.5) is 0 Å². The quantitative estimate of drug-likeness (QED) is 0.520. The normalized spacial score (nSPS) is 20.4. The molecule has 4 heteroatoms. The largest absolute Gasteiger partial charge is 0.454 e. The van der Waals surface area contributed by atoms with Gasteiger partial charge in [0, 0.05) is 5.56 Å². The van der Waals surface area contributed by atoms with Gasteiger partial charge in [0.1, 0.15) is 0 Å². The Balaban J connectivity index is 2.16. The lowest BCUT2D eigenvalue weighted by atomic mass is 9.90. The van der Waals surface area contributed by atoms with E-state index in [1.165, 1.54) is 5.56 Å². The second-order valence-electron chi connectivity index (χ2n) is 3.76. The zero-order chi connectivity index (χ0) is 10.3. The van der Waals surface area contributed by atoms with Gasteiger partial charge >= 0.3 is 0 Å². The minimum atomic E-state index is 0.282. The molecule has 1 aliphatic carbocycles. The van der Waals surface area contributed by atoms with Crippen molar-refractivity contribution >= 4 is 5.71 Å². The summed E-state index contributed by atoms with van der Waals surface area (Å²) in [5.74, 6) is 1.55. The van der Waals surface area contributed by atoms with Crippen LogP contribution in [-0.2, 0) is 6.42 Å². The lowest BCUT2D eigenvalue weighted by Gasteiger charge is -2.16. The van der Waals surface area contributed by atoms with Crippen molar-refractivity contribution in [1.82, 2.24) is 0 Å². The Bertz CT molecular complexity index is 440. The molecule has 1 heterocycles. The fraction of sp³-hybridized carbons (Fsp3) is 0.364. The first-order valence-electron chi connectivity index (χ1n) is 5.02. The monoisotopic (exact) mass is 205 g/mol. The van der Waals surface area contributed by atoms with E-state index in [4.69, 9.17) is 14.7 Å². The molecular formula is C11H11NO3. The van der Waals surface area contributed by atoms with Gasteiger partial charge < -0.3 is 14.7 Å². The molecule has 0 atom stereocenters. The van der Waals surface area contributed by atoms with E-state index in [9.17, 15) is 0 Å². The smallest absolute Gasteiger partial charge is 0.231 e. The minimum absolute atomic E-state index is 0.282. The third kappa shape index (κ3) is 1.25. The highest BCUT2D eigenvalue weighted by Crippen LogP contribution is 2.37. The summed E-state index contributed by atoms with van der Waals surface area (Å²) in [5.41, 5.74) is 2.92. The third-order valence-corrected chi connectivity index (χ3v) is 2.89. The van der Waals surface area contributed by atoms with Gasteiger partial charge in [0.25, 0.3) is 0 Å². The Morgan fingerprint density at radius 3 is 2.73 bits per heavy atom. The molecule has 0 saturated heterocycles. The predicted octanol–water partition coefficient (Wildman–Crippen LogP) is 1.93. The lowest BCUT2D eigenvalue weighted by Crippen LogP contribution is -2.11. The van der Waals surface area contributed by atoms with Crippen molar-refractivity contribution in [2.45, 2.75) is 19.3 Å². The minimum Gasteiger partial charge on any atom is -0.454 e. The number of aryl methyl sites for hydroxylation is 1. The molecule has 0 radical (unpaired) electrons. The molecule has 1 aliphatic heterocycles. The molecule has 0 amide bonds. The van der Waals surface area contributed by atoms with E-state index in [1.54, 1.807) is 0 Å². The first-order chi connectivity index (χ1) is 7.38. The zero-order valence-electron chi connectivity index (χ0n) is 8.19. The highest BCUT2D eigenvalue weighted by atomic mass is 16.7. The molecule has 0 bridgehead atoms. The molecule has 0 unspecified atom stereocenters. The second-order valence-corrected chi connectivity index (χ2v) is 3.76. The molecule has 15 heavy (non-hydrogen) atoms. The van der Waals surface area contributed by atoms with Crippen LogP contribution in [0.2, 0.25) is 0 Å². The van der Waals surface area contributed by atoms with Gasteiger partial charge in [0.05, 0.1) is 5.71 Å². The zero-order valence-corrected chi connectivity index (χ0v) is 8.19. The summed E-state index contributed by atoms with van der Waals surface area (Å²) in [6.07, 6.45) is 2.85. The van der Waals surface area contributed by atoms with Crippen LogP contribution >= 0.6 is 0 Å². The molecule has 3 rings (SSSR count). The summed E-state index contributed by atoms with van der Waals surface area (Å²) < 4.78 is 10.6. The van der Waals surface area contributed by atoms with Crippen LogP contribution in [-0.4, -0.2) is 17.7 Å². The molecule has 1 N–H and O–H groups in total. The van der Waals surface area contributed by atoms with Gasteiger partial charge in [0.15, 0.2) is 11.5 Å². The van der Waals surface area contributed by atoms with Crippen molar-refractivity contribution in [2.24, 2.45) is 5.16 Å². The van der Waals surface area contributed by atoms with Gasteiger partial charge in [-0.05, 0) is 37.0 Å². The van der Waals surface area contributed by atoms with E-state index in [2.05, 4.69) is 5.16 Å². The van der Waals surface area contributed by atoms with E-state index < -0.39 is 0 Å². The maximum absolute atomic E-state index is 8.90. The van der Waals surface area contributed by atoms with Crippen molar-refractivity contribution in [3.8, 4) is 11.5 Å². The Hall–Kier alpha value is -1.71. The van der Waals surface area contributed by atoms with Crippen LogP contribution in [0.15, 0.2) is 17.3 Å². The molecule has 2 aliphatic rings. The molecule has 0 aromatic heterocycles. The van der Waals surface area contributed by atoms with Crippen LogP contribution in [0.1, 0.15) is 24.0 Å². The van der Waals surface area contributed by atoms with Gasteiger partial charge in [0.2, 0.25) is 6.79 Å². The molecule has 0 spiro atoms. The standard InChI is InChI=1S/C11H11NO3/c13-12-9-3-1-2-7-4-10-11(5-8(7)9)15-6-14-10/h4-5,13H,1-3,6H2. The number of fused-ring (bicyclic) bond motifs is 2. The summed E-state index contributed by atoms with van der Waals surface area (Å²) in [7, 11) is 0. The molecule has 1 aromatic carbocycles. The molecule has 1 aromatic rings. The summed E-state index contributed by atoms with van der Waals surface area (Å²) in [6.45, 7) is 0.282. The fourth-order valence-corrected chi connectivity index (χ4v) is 2.14. The van der Waals surface area contributed by atoms with Gasteiger partial charge in [-0.3, -0.25) is 0 Å². The molecule has 0 fully saturated rings. The molecular weight excluding hydrogens is 194 g/mol. The molecule has 4 nitrogen and oxygen atoms in total. The number of ether oxygens (including phenoxy) is 2. The van der Waals surface area contributed by atoms with Crippen LogP contribution < -0.4 is 9.47 Å². The number of nitrogens with zero attached hydrogens (tertiary/aromatic N) is 1. The lowest BCUT2D eigenvalue weighted by molar-refractivity contribution is 0.174. The van der Waals surface area contributed by atoms with Crippen molar-refractivity contribution in [1.29, 1.82) is 0 Å². The van der Waals surface area contributed by atoms with E-state index in [0.717, 1.165) is 42.0 Å². The maximum atomic E-state index is 8.90. The summed E-state index contributed by atoms with van der Waals surface area (Å²) >= 11 is 0. The Morgan fingerprint density at radius 2 is 1.93 bits per heavy atom. The van der Waals surface area contributed by atoms with Crippen LogP contribution in [0, 0.1) is 0 Å². The molecule has 78 valence electrons. The highest BCUT2D eigenvalue weighted by Gasteiger charge is 2.22. The Kier molecular flexibility index (Phi) is 1.80. The highest BCUT2D eigenvalue weighted by molar-refractivity contribution is 6.03. The van der Waals surface area contributed by atoms with Crippen molar-refractivity contribution in [2.75, 3.05) is 6.79 Å². The number of rotatable bonds is 0. The Labute approximate surface area is 87.1 Å². The van der Waals surface area contributed by atoms with Crippen LogP contribution in [0.3, 0.4) is 0 Å². The summed E-state index contributed by atoms with van der Waals surface area (Å²) in [4.78, 5) is 0. The SMILES string of the molecule is ON=C1CCCc2cc3c(cc21)OCO3. The van der Waals surface area contributed by atoms with E-state index in [-0.39, 0.29) is 6.79 Å². The third-order valence-electron chi connectivity index (χ3n) is 2.89. The number of benzene rings is 1. The average molecular weight is 205 g/mol. The molecule has 0 saturated carbocycles. The van der Waals surface area contributed by atoms with Gasteiger partial charge in [-0.2, -0.15) is 0 Å². The maximum Gasteiger partial charge on any atom is 0.231 e. The van der Waals surface area contributed by atoms with Crippen molar-refractivity contribution in [3.05, 3.63) is 23.3 Å². The van der Waals surface area contributed by atoms with E-state index in [1.807, 2.05) is 12.1 Å². The fourth-order valence-electron chi connectivity index (χ4n) is 2.14. The van der Waals surface area contributed by atoms with E-state index >= 15 is 0 Å². The topological polar surface area (TPSA) is 51.1 Å². The van der Waals surface area contributed by atoms with E-state index in [0.29, 0.717) is 0 Å². The van der Waals surface area contributed by atoms with Crippen LogP contribution in [0.5, 0.6) is 11.5 Å². The first kappa shape index (κ1) is 8.59. The van der Waals surface area contributed by atoms with Gasteiger partial charge in [-0.1, -0.05) is 5.16 Å². The van der Waals surface area contributed by atoms with Crippen LogP contribution in [0.25, 0.3) is 0 Å². The predicted molar refractivity (Wildman–Crippen MR) is 53.8 cm³/mol. The summed E-state index contributed by atoms with van der Waals surface area (Å²) in [5, 5.41) is 12.2. The van der Waals surface area contributed by atoms with Gasteiger partial charge in [-0.25, -0.2) is 0 Å². The average Bonchev–Trinajstić information content (AvgIpc) is 2.72. The van der Waals surface area contributed by atoms with Gasteiger partial charge in [-0.15, -0.1) is 0 Å². The number of oxime groups is 1. The number of hydrogen-bond donors (Lipinski definition) is 1. The first-order valence-corrected chi connectivity index (χ1v) is 5.02.